The Kier molecular flexibility index (Phi) is 11.4. The van der Waals surface area contributed by atoms with Crippen LogP contribution in [0.15, 0.2) is 0 Å². The summed E-state index contributed by atoms with van der Waals surface area (Å²) in [6.07, 6.45) is 2.16. The van der Waals surface area contributed by atoms with Gasteiger partial charge in [0.15, 0.2) is 0 Å². The molecule has 2 unspecified atom stereocenters. The van der Waals surface area contributed by atoms with Crippen LogP contribution in [0.25, 0.3) is 0 Å². The normalized spacial score (nSPS) is 14.6. The summed E-state index contributed by atoms with van der Waals surface area (Å²) in [5.74, 6) is 0. The van der Waals surface area contributed by atoms with E-state index in [1.54, 1.807) is 0 Å². The van der Waals surface area contributed by atoms with Crippen LogP contribution in [-0.4, -0.2) is 41.9 Å². The predicted molar refractivity (Wildman–Crippen MR) is 129 cm³/mol. The van der Waals surface area contributed by atoms with Crippen molar-refractivity contribution < 1.29 is 10.2 Å². The van der Waals surface area contributed by atoms with E-state index in [9.17, 15) is 10.2 Å². The summed E-state index contributed by atoms with van der Waals surface area (Å²) in [6, 6.07) is 0. The lowest BCUT2D eigenvalue weighted by Crippen LogP contribution is -2.25. The van der Waals surface area contributed by atoms with Crippen molar-refractivity contribution in [3.63, 3.8) is 0 Å². The van der Waals surface area contributed by atoms with Gasteiger partial charge in [0.25, 0.3) is 0 Å². The van der Waals surface area contributed by atoms with Gasteiger partial charge in [-0.3, -0.25) is 0 Å². The van der Waals surface area contributed by atoms with Gasteiger partial charge in [-0.1, -0.05) is 90.4 Å². The van der Waals surface area contributed by atoms with E-state index in [-0.39, 0.29) is 10.8 Å². The van der Waals surface area contributed by atoms with Crippen molar-refractivity contribution in [3.05, 3.63) is 0 Å². The van der Waals surface area contributed by atoms with Crippen molar-refractivity contribution in [1.82, 2.24) is 0 Å². The van der Waals surface area contributed by atoms with Gasteiger partial charge in [-0.05, 0) is 33.4 Å². The van der Waals surface area contributed by atoms with Gasteiger partial charge in [0.1, 0.15) is 0 Å². The lowest BCUT2D eigenvalue weighted by Gasteiger charge is -2.23. The van der Waals surface area contributed by atoms with E-state index >= 15 is 0 Å². The maximum Gasteiger partial charge on any atom is 0.0631 e. The fourth-order valence-electron chi connectivity index (χ4n) is 2.19. The van der Waals surface area contributed by atoms with Gasteiger partial charge >= 0.3 is 0 Å². The topological polar surface area (TPSA) is 40.5 Å². The maximum absolute atomic E-state index is 10.2. The minimum atomic E-state index is -0.530. The fraction of sp³-hybridized carbons (Fsp3) is 0.800. The molecule has 2 N–H and O–H groups in total. The Morgan fingerprint density at radius 2 is 0.885 bits per heavy atom. The van der Waals surface area contributed by atoms with E-state index in [4.69, 9.17) is 48.9 Å². The highest BCUT2D eigenvalue weighted by Gasteiger charge is 2.22. The number of hydrogen-bond donors (Lipinski definition) is 2. The molecule has 0 heterocycles. The van der Waals surface area contributed by atoms with E-state index in [1.807, 2.05) is 0 Å². The number of rotatable bonds is 11. The van der Waals surface area contributed by atoms with Crippen LogP contribution in [0.3, 0.4) is 0 Å². The molecule has 0 radical (unpaired) electrons. The molecule has 0 bridgehead atoms. The highest BCUT2D eigenvalue weighted by molar-refractivity contribution is 7.81. The first kappa shape index (κ1) is 26.3. The van der Waals surface area contributed by atoms with Crippen molar-refractivity contribution in [1.29, 1.82) is 0 Å². The first-order valence-corrected chi connectivity index (χ1v) is 10.7. The minimum Gasteiger partial charge on any atom is -0.392 e. The molecule has 0 aromatic rings. The Balaban J connectivity index is 4.21. The Bertz CT molecular complexity index is 479. The average Bonchev–Trinajstić information content (AvgIpc) is 2.42. The lowest BCUT2D eigenvalue weighted by molar-refractivity contribution is 0.188. The van der Waals surface area contributed by atoms with Crippen LogP contribution in [0.1, 0.15) is 80.1 Å². The Hall–Kier alpha value is 0.280. The summed E-state index contributed by atoms with van der Waals surface area (Å²) < 4.78 is 0. The second-order valence-corrected chi connectivity index (χ2v) is 11.2. The molecule has 0 aliphatic heterocycles. The highest BCUT2D eigenvalue weighted by atomic mass is 32.1. The smallest absolute Gasteiger partial charge is 0.0631 e. The number of thiocarbonyl (C=S) groups is 4. The van der Waals surface area contributed by atoms with Crippen molar-refractivity contribution in [2.75, 3.05) is 0 Å². The quantitative estimate of drug-likeness (QED) is 0.411. The number of hydrogen-bond acceptors (Lipinski definition) is 6. The van der Waals surface area contributed by atoms with Gasteiger partial charge in [0, 0.05) is 35.4 Å². The van der Waals surface area contributed by atoms with E-state index in [2.05, 4.69) is 41.5 Å². The summed E-state index contributed by atoms with van der Waals surface area (Å²) >= 11 is 21.5. The number of aliphatic hydroxyl groups is 2. The molecule has 0 aliphatic rings. The SMILES string of the molecule is CC(C)(C)C(=S)CC(O)CC(=S)CCC(=S)CC(O)CC(=S)C(C)(C)C. The molecule has 0 saturated heterocycles. The highest BCUT2D eigenvalue weighted by Crippen LogP contribution is 2.22. The zero-order chi connectivity index (χ0) is 20.7. The molecule has 0 aromatic heterocycles. The van der Waals surface area contributed by atoms with Crippen molar-refractivity contribution in [2.24, 2.45) is 10.8 Å². The van der Waals surface area contributed by atoms with Gasteiger partial charge in [0.05, 0.1) is 12.2 Å². The van der Waals surface area contributed by atoms with Crippen LogP contribution < -0.4 is 0 Å². The largest absolute Gasteiger partial charge is 0.392 e. The van der Waals surface area contributed by atoms with E-state index in [0.29, 0.717) is 38.5 Å². The molecule has 2 nitrogen and oxygen atoms in total. The first-order valence-electron chi connectivity index (χ1n) is 9.09. The van der Waals surface area contributed by atoms with Gasteiger partial charge in [-0.2, -0.15) is 0 Å². The summed E-state index contributed by atoms with van der Waals surface area (Å²) in [5.41, 5.74) is -0.160. The molecule has 26 heavy (non-hydrogen) atoms. The van der Waals surface area contributed by atoms with Crippen LogP contribution in [-0.2, 0) is 0 Å². The average molecular weight is 435 g/mol. The molecule has 0 fully saturated rings. The zero-order valence-corrected chi connectivity index (χ0v) is 20.2. The van der Waals surface area contributed by atoms with Crippen molar-refractivity contribution in [3.8, 4) is 0 Å². The van der Waals surface area contributed by atoms with Crippen molar-refractivity contribution in [2.45, 2.75) is 92.3 Å². The minimum absolute atomic E-state index is 0.0801. The molecule has 0 spiro atoms. The lowest BCUT2D eigenvalue weighted by atomic mass is 9.87. The molecule has 0 aromatic carbocycles. The maximum atomic E-state index is 10.2. The molecule has 0 saturated carbocycles. The molecule has 0 amide bonds. The third kappa shape index (κ3) is 11.9. The second kappa shape index (κ2) is 11.3. The third-order valence-electron chi connectivity index (χ3n) is 4.12. The predicted octanol–water partition coefficient (Wildman–Crippen LogP) is 5.62. The summed E-state index contributed by atoms with van der Waals surface area (Å²) in [7, 11) is 0. The van der Waals surface area contributed by atoms with Crippen LogP contribution in [0.5, 0.6) is 0 Å². The van der Waals surface area contributed by atoms with E-state index in [0.717, 1.165) is 19.5 Å². The molecule has 0 rings (SSSR count). The summed E-state index contributed by atoms with van der Waals surface area (Å²) in [5, 5.41) is 20.4. The molecular formula is C20H34O2S4. The molecule has 2 atom stereocenters. The molecule has 0 aliphatic carbocycles. The summed E-state index contributed by atoms with van der Waals surface area (Å²) in [6.45, 7) is 12.3. The monoisotopic (exact) mass is 434 g/mol. The zero-order valence-electron chi connectivity index (χ0n) is 16.9. The van der Waals surface area contributed by atoms with Crippen LogP contribution in [0, 0.1) is 10.8 Å². The second-order valence-electron chi connectivity index (χ2n) is 9.05. The fourth-order valence-corrected chi connectivity index (χ4v) is 3.17. The first-order chi connectivity index (χ1) is 11.6. The molecule has 6 heteroatoms. The van der Waals surface area contributed by atoms with E-state index < -0.39 is 12.2 Å². The Labute approximate surface area is 181 Å². The van der Waals surface area contributed by atoms with Gasteiger partial charge in [0.2, 0.25) is 0 Å². The standard InChI is InChI=1S/C20H34O2S4/c1-19(2,3)17(25)11-13(21)9-15(23)7-8-16(24)10-14(22)12-18(26)20(4,5)6/h13-14,21-22H,7-12H2,1-6H3. The van der Waals surface area contributed by atoms with E-state index in [1.165, 1.54) is 0 Å². The van der Waals surface area contributed by atoms with Crippen LogP contribution >= 0.6 is 48.9 Å². The van der Waals surface area contributed by atoms with Gasteiger partial charge < -0.3 is 10.2 Å². The Morgan fingerprint density at radius 1 is 0.615 bits per heavy atom. The van der Waals surface area contributed by atoms with Gasteiger partial charge in [-0.25, -0.2) is 0 Å². The van der Waals surface area contributed by atoms with Crippen LogP contribution in [0.4, 0.5) is 0 Å². The van der Waals surface area contributed by atoms with Gasteiger partial charge in [-0.15, -0.1) is 0 Å². The van der Waals surface area contributed by atoms with Crippen LogP contribution in [0.2, 0.25) is 0 Å². The third-order valence-corrected chi connectivity index (χ3v) is 6.42. The number of aliphatic hydroxyl groups excluding tert-OH is 2. The molecule has 150 valence electrons. The summed E-state index contributed by atoms with van der Waals surface area (Å²) in [4.78, 5) is 3.33. The Morgan fingerprint density at radius 3 is 1.12 bits per heavy atom. The molecular weight excluding hydrogens is 400 g/mol. The van der Waals surface area contributed by atoms with Crippen molar-refractivity contribution >= 4 is 68.3 Å².